The Morgan fingerprint density at radius 3 is 2.43 bits per heavy atom. The quantitative estimate of drug-likeness (QED) is 0.878. The number of halogens is 1. The lowest BCUT2D eigenvalue weighted by atomic mass is 9.99. The summed E-state index contributed by atoms with van der Waals surface area (Å²) in [5.41, 5.74) is 8.40. The molecule has 0 saturated carbocycles. The molecule has 0 spiro atoms. The number of hydrogen-bond acceptors (Lipinski definition) is 3. The minimum absolute atomic E-state index is 0.125. The van der Waals surface area contributed by atoms with E-state index in [-0.39, 0.29) is 12.1 Å². The van der Waals surface area contributed by atoms with Crippen molar-refractivity contribution in [2.24, 2.45) is 5.73 Å². The molecule has 0 radical (unpaired) electrons. The first-order valence-electron chi connectivity index (χ1n) is 6.84. The monoisotopic (exact) mass is 349 g/mol. The van der Waals surface area contributed by atoms with Crippen LogP contribution in [0, 0.1) is 6.92 Å². The molecule has 0 aliphatic carbocycles. The lowest BCUT2D eigenvalue weighted by molar-refractivity contribution is 0.178. The molecule has 2 aromatic carbocycles. The summed E-state index contributed by atoms with van der Waals surface area (Å²) in [6, 6.07) is 13.7. The van der Waals surface area contributed by atoms with Gasteiger partial charge < -0.3 is 15.2 Å². The van der Waals surface area contributed by atoms with E-state index < -0.39 is 0 Å². The molecule has 0 amide bonds. The molecular formula is C17H20BrNO2. The molecule has 21 heavy (non-hydrogen) atoms. The van der Waals surface area contributed by atoms with Gasteiger partial charge in [0.05, 0.1) is 11.6 Å². The molecule has 2 N–H and O–H groups in total. The Hall–Kier alpha value is -1.52. The van der Waals surface area contributed by atoms with Crippen LogP contribution in [0.1, 0.15) is 24.2 Å². The van der Waals surface area contributed by atoms with E-state index in [0.29, 0.717) is 0 Å². The van der Waals surface area contributed by atoms with Crippen molar-refractivity contribution in [3.63, 3.8) is 0 Å². The Balaban J connectivity index is 2.31. The van der Waals surface area contributed by atoms with Gasteiger partial charge in [-0.05, 0) is 59.1 Å². The second-order valence-electron chi connectivity index (χ2n) is 5.05. The molecule has 0 aliphatic rings. The summed E-state index contributed by atoms with van der Waals surface area (Å²) < 4.78 is 12.2. The number of methoxy groups -OCH3 is 1. The van der Waals surface area contributed by atoms with Crippen molar-refractivity contribution in [1.82, 2.24) is 0 Å². The largest absolute Gasteiger partial charge is 0.497 e. The van der Waals surface area contributed by atoms with Crippen molar-refractivity contribution in [3.05, 3.63) is 58.1 Å². The van der Waals surface area contributed by atoms with Crippen molar-refractivity contribution < 1.29 is 9.47 Å². The molecule has 0 saturated heterocycles. The van der Waals surface area contributed by atoms with Gasteiger partial charge in [-0.15, -0.1) is 0 Å². The topological polar surface area (TPSA) is 44.5 Å². The first-order valence-corrected chi connectivity index (χ1v) is 7.63. The fraction of sp³-hybridized carbons (Fsp3) is 0.294. The summed E-state index contributed by atoms with van der Waals surface area (Å²) in [4.78, 5) is 0. The van der Waals surface area contributed by atoms with E-state index in [1.807, 2.05) is 37.3 Å². The predicted molar refractivity (Wildman–Crippen MR) is 88.9 cm³/mol. The number of nitrogens with two attached hydrogens (primary N) is 1. The van der Waals surface area contributed by atoms with E-state index >= 15 is 0 Å². The summed E-state index contributed by atoms with van der Waals surface area (Å²) in [6.45, 7) is 4.02. The molecule has 0 aliphatic heterocycles. The highest BCUT2D eigenvalue weighted by Gasteiger charge is 2.21. The van der Waals surface area contributed by atoms with Crippen LogP contribution < -0.4 is 15.2 Å². The van der Waals surface area contributed by atoms with Gasteiger partial charge in [0.25, 0.3) is 0 Å². The molecule has 0 fully saturated rings. The highest BCUT2D eigenvalue weighted by Crippen LogP contribution is 2.34. The average Bonchev–Trinajstić information content (AvgIpc) is 2.46. The number of rotatable bonds is 5. The van der Waals surface area contributed by atoms with Crippen LogP contribution in [0.15, 0.2) is 46.9 Å². The van der Waals surface area contributed by atoms with Crippen LogP contribution in [0.5, 0.6) is 11.5 Å². The molecule has 112 valence electrons. The number of hydrogen-bond donors (Lipinski definition) is 1. The number of aryl methyl sites for hydroxylation is 1. The SMILES string of the molecule is COc1ccc(OC(c2ccccc2C)C(C)N)c(Br)c1. The maximum Gasteiger partial charge on any atom is 0.139 e. The summed E-state index contributed by atoms with van der Waals surface area (Å²) in [5, 5.41) is 0. The molecule has 4 heteroatoms. The summed E-state index contributed by atoms with van der Waals surface area (Å²) >= 11 is 3.51. The fourth-order valence-corrected chi connectivity index (χ4v) is 2.65. The fourth-order valence-electron chi connectivity index (χ4n) is 2.20. The highest BCUT2D eigenvalue weighted by molar-refractivity contribution is 9.10. The minimum atomic E-state index is -0.198. The first-order chi connectivity index (χ1) is 10.0. The summed E-state index contributed by atoms with van der Waals surface area (Å²) in [5.74, 6) is 1.53. The Bertz CT molecular complexity index is 613. The van der Waals surface area contributed by atoms with Gasteiger partial charge in [-0.3, -0.25) is 0 Å². The van der Waals surface area contributed by atoms with Gasteiger partial charge >= 0.3 is 0 Å². The molecule has 2 rings (SSSR count). The van der Waals surface area contributed by atoms with Gasteiger partial charge in [-0.2, -0.15) is 0 Å². The third-order valence-corrected chi connectivity index (χ3v) is 3.99. The van der Waals surface area contributed by atoms with Gasteiger partial charge in [0.1, 0.15) is 17.6 Å². The smallest absolute Gasteiger partial charge is 0.139 e. The maximum atomic E-state index is 6.15. The molecular weight excluding hydrogens is 330 g/mol. The van der Waals surface area contributed by atoms with E-state index in [2.05, 4.69) is 35.0 Å². The standard InChI is InChI=1S/C17H20BrNO2/c1-11-6-4-5-7-14(11)17(12(2)19)21-16-9-8-13(20-3)10-15(16)18/h4-10,12,17H,19H2,1-3H3. The minimum Gasteiger partial charge on any atom is -0.497 e. The second-order valence-corrected chi connectivity index (χ2v) is 5.90. The normalized spacial score (nSPS) is 13.6. The van der Waals surface area contributed by atoms with E-state index in [4.69, 9.17) is 15.2 Å². The highest BCUT2D eigenvalue weighted by atomic mass is 79.9. The van der Waals surface area contributed by atoms with Crippen molar-refractivity contribution in [2.75, 3.05) is 7.11 Å². The molecule has 0 aromatic heterocycles. The Labute approximate surface area is 134 Å². The van der Waals surface area contributed by atoms with E-state index in [0.717, 1.165) is 21.5 Å². The van der Waals surface area contributed by atoms with Crippen LogP contribution in [-0.4, -0.2) is 13.2 Å². The van der Waals surface area contributed by atoms with Crippen LogP contribution in [0.4, 0.5) is 0 Å². The lowest BCUT2D eigenvalue weighted by Gasteiger charge is -2.25. The van der Waals surface area contributed by atoms with E-state index in [1.54, 1.807) is 7.11 Å². The van der Waals surface area contributed by atoms with Crippen molar-refractivity contribution in [2.45, 2.75) is 26.0 Å². The predicted octanol–water partition coefficient (Wildman–Crippen LogP) is 4.23. The van der Waals surface area contributed by atoms with Crippen LogP contribution in [0.25, 0.3) is 0 Å². The van der Waals surface area contributed by atoms with Crippen LogP contribution in [0.2, 0.25) is 0 Å². The molecule has 0 heterocycles. The zero-order chi connectivity index (χ0) is 15.4. The number of benzene rings is 2. The third-order valence-electron chi connectivity index (χ3n) is 3.37. The molecule has 0 bridgehead atoms. The Morgan fingerprint density at radius 2 is 1.86 bits per heavy atom. The second kappa shape index (κ2) is 6.96. The van der Waals surface area contributed by atoms with Gasteiger partial charge in [-0.1, -0.05) is 24.3 Å². The molecule has 2 atom stereocenters. The van der Waals surface area contributed by atoms with E-state index in [1.165, 1.54) is 5.56 Å². The van der Waals surface area contributed by atoms with Gasteiger partial charge in [0.15, 0.2) is 0 Å². The maximum absolute atomic E-state index is 6.15. The lowest BCUT2D eigenvalue weighted by Crippen LogP contribution is -2.29. The van der Waals surface area contributed by atoms with Gasteiger partial charge in [0, 0.05) is 6.04 Å². The van der Waals surface area contributed by atoms with Crippen LogP contribution in [0.3, 0.4) is 0 Å². The Kier molecular flexibility index (Phi) is 5.26. The summed E-state index contributed by atoms with van der Waals surface area (Å²) in [7, 11) is 1.64. The van der Waals surface area contributed by atoms with Crippen molar-refractivity contribution in [1.29, 1.82) is 0 Å². The van der Waals surface area contributed by atoms with Gasteiger partial charge in [-0.25, -0.2) is 0 Å². The van der Waals surface area contributed by atoms with Crippen molar-refractivity contribution in [3.8, 4) is 11.5 Å². The Morgan fingerprint density at radius 1 is 1.14 bits per heavy atom. The van der Waals surface area contributed by atoms with Crippen LogP contribution in [-0.2, 0) is 0 Å². The number of ether oxygens (including phenoxy) is 2. The third kappa shape index (κ3) is 3.77. The van der Waals surface area contributed by atoms with Crippen LogP contribution >= 0.6 is 15.9 Å². The van der Waals surface area contributed by atoms with Gasteiger partial charge in [0.2, 0.25) is 0 Å². The zero-order valence-corrected chi connectivity index (χ0v) is 14.1. The zero-order valence-electron chi connectivity index (χ0n) is 12.5. The molecule has 2 aromatic rings. The van der Waals surface area contributed by atoms with Crippen molar-refractivity contribution >= 4 is 15.9 Å². The summed E-state index contributed by atoms with van der Waals surface area (Å²) in [6.07, 6.45) is -0.198. The first kappa shape index (κ1) is 15.9. The molecule has 2 unspecified atom stereocenters. The average molecular weight is 350 g/mol. The molecule has 3 nitrogen and oxygen atoms in total. The van der Waals surface area contributed by atoms with E-state index in [9.17, 15) is 0 Å².